The summed E-state index contributed by atoms with van der Waals surface area (Å²) in [5.41, 5.74) is 1.29. The molecule has 3 aromatic rings. The van der Waals surface area contributed by atoms with Gasteiger partial charge in [0.15, 0.2) is 0 Å². The second-order valence-electron chi connectivity index (χ2n) is 9.83. The van der Waals surface area contributed by atoms with E-state index in [4.69, 9.17) is 21.1 Å². The van der Waals surface area contributed by atoms with E-state index in [1.54, 1.807) is 20.4 Å². The van der Waals surface area contributed by atoms with Crippen molar-refractivity contribution in [3.05, 3.63) is 59.2 Å². The number of aliphatic hydroxyl groups is 2. The lowest BCUT2D eigenvalue weighted by atomic mass is 9.74. The van der Waals surface area contributed by atoms with Gasteiger partial charge in [0.05, 0.1) is 30.9 Å². The summed E-state index contributed by atoms with van der Waals surface area (Å²) in [5, 5.41) is 22.7. The Morgan fingerprint density at radius 3 is 2.46 bits per heavy atom. The average Bonchev–Trinajstić information content (AvgIpc) is 2.94. The van der Waals surface area contributed by atoms with E-state index in [2.05, 4.69) is 22.0 Å². The number of pyridine rings is 1. The summed E-state index contributed by atoms with van der Waals surface area (Å²) in [6.07, 6.45) is 5.13. The highest BCUT2D eigenvalue weighted by molar-refractivity contribution is 7.99. The molecule has 0 radical (unpaired) electrons. The largest absolute Gasteiger partial charge is 0.497 e. The van der Waals surface area contributed by atoms with E-state index in [-0.39, 0.29) is 12.0 Å². The van der Waals surface area contributed by atoms with Gasteiger partial charge in [-0.3, -0.25) is 4.98 Å². The van der Waals surface area contributed by atoms with Crippen LogP contribution in [0.15, 0.2) is 53.6 Å². The lowest BCUT2D eigenvalue weighted by molar-refractivity contribution is 0.0238. The van der Waals surface area contributed by atoms with E-state index < -0.39 is 6.10 Å². The van der Waals surface area contributed by atoms with Crippen molar-refractivity contribution in [3.63, 3.8) is 0 Å². The van der Waals surface area contributed by atoms with Crippen molar-refractivity contribution < 1.29 is 19.7 Å². The molecule has 0 amide bonds. The number of methoxy groups -OCH3 is 2. The minimum Gasteiger partial charge on any atom is -0.497 e. The maximum Gasteiger partial charge on any atom is 0.119 e. The molecule has 0 spiro atoms. The number of benzene rings is 2. The topological polar surface area (TPSA) is 75.1 Å². The highest BCUT2D eigenvalue weighted by atomic mass is 35.5. The molecule has 2 heterocycles. The number of likely N-dealkylation sites (tertiary alicyclic amines) is 1. The highest BCUT2D eigenvalue weighted by Gasteiger charge is 2.34. The Morgan fingerprint density at radius 2 is 1.78 bits per heavy atom. The Balaban J connectivity index is 1.27. The highest BCUT2D eigenvalue weighted by Crippen LogP contribution is 2.40. The maximum atomic E-state index is 11.2. The Hall–Kier alpha value is -2.03. The zero-order valence-electron chi connectivity index (χ0n) is 21.7. The predicted molar refractivity (Wildman–Crippen MR) is 151 cm³/mol. The lowest BCUT2D eigenvalue weighted by Gasteiger charge is -2.41. The Labute approximate surface area is 228 Å². The number of fused-ring (bicyclic) bond motifs is 1. The summed E-state index contributed by atoms with van der Waals surface area (Å²) in [5.74, 6) is 2.66. The van der Waals surface area contributed by atoms with Crippen molar-refractivity contribution in [1.29, 1.82) is 0 Å². The lowest BCUT2D eigenvalue weighted by Crippen LogP contribution is -2.42. The molecular formula is C29H37ClN2O4S. The van der Waals surface area contributed by atoms with Crippen LogP contribution in [-0.4, -0.2) is 66.3 Å². The molecule has 200 valence electrons. The van der Waals surface area contributed by atoms with Gasteiger partial charge in [0.2, 0.25) is 0 Å². The zero-order valence-corrected chi connectivity index (χ0v) is 23.2. The van der Waals surface area contributed by atoms with Crippen molar-refractivity contribution in [1.82, 2.24) is 9.88 Å². The minimum absolute atomic E-state index is 0.138. The smallest absolute Gasteiger partial charge is 0.119 e. The number of thioether (sulfide) groups is 1. The fraction of sp³-hybridized carbons (Fsp3) is 0.483. The van der Waals surface area contributed by atoms with Crippen LogP contribution in [0.25, 0.3) is 10.9 Å². The number of ether oxygens (including phenoxy) is 2. The van der Waals surface area contributed by atoms with Crippen molar-refractivity contribution in [2.24, 2.45) is 5.41 Å². The number of hydrogen-bond donors (Lipinski definition) is 2. The second-order valence-corrected chi connectivity index (χ2v) is 11.4. The van der Waals surface area contributed by atoms with Gasteiger partial charge in [-0.25, -0.2) is 0 Å². The normalized spacial score (nSPS) is 16.6. The van der Waals surface area contributed by atoms with Gasteiger partial charge in [0.25, 0.3) is 0 Å². The van der Waals surface area contributed by atoms with Crippen LogP contribution in [0.1, 0.15) is 43.8 Å². The van der Waals surface area contributed by atoms with E-state index in [1.807, 2.05) is 42.1 Å². The molecule has 2 aromatic carbocycles. The summed E-state index contributed by atoms with van der Waals surface area (Å²) < 4.78 is 10.6. The molecule has 37 heavy (non-hydrogen) atoms. The molecule has 6 nitrogen and oxygen atoms in total. The summed E-state index contributed by atoms with van der Waals surface area (Å²) in [6.45, 7) is 3.15. The van der Waals surface area contributed by atoms with Crippen molar-refractivity contribution in [2.75, 3.05) is 46.2 Å². The van der Waals surface area contributed by atoms with Gasteiger partial charge in [0, 0.05) is 28.6 Å². The molecule has 4 rings (SSSR count). The first-order valence-corrected chi connectivity index (χ1v) is 14.2. The van der Waals surface area contributed by atoms with Gasteiger partial charge in [-0.05, 0) is 105 Å². The summed E-state index contributed by atoms with van der Waals surface area (Å²) in [7, 11) is 3.30. The molecule has 1 aromatic heterocycles. The molecule has 1 fully saturated rings. The van der Waals surface area contributed by atoms with Crippen LogP contribution in [0.3, 0.4) is 0 Å². The van der Waals surface area contributed by atoms with Crippen LogP contribution in [0.5, 0.6) is 11.5 Å². The molecule has 0 aliphatic carbocycles. The van der Waals surface area contributed by atoms with Crippen molar-refractivity contribution in [2.45, 2.75) is 43.1 Å². The predicted octanol–water partition coefficient (Wildman–Crippen LogP) is 5.98. The van der Waals surface area contributed by atoms with E-state index in [0.29, 0.717) is 22.8 Å². The van der Waals surface area contributed by atoms with Gasteiger partial charge in [0.1, 0.15) is 11.5 Å². The summed E-state index contributed by atoms with van der Waals surface area (Å²) in [4.78, 5) is 8.15. The van der Waals surface area contributed by atoms with Crippen LogP contribution in [0.4, 0.5) is 0 Å². The summed E-state index contributed by atoms with van der Waals surface area (Å²) in [6, 6.07) is 13.8. The fourth-order valence-corrected chi connectivity index (χ4v) is 6.22. The van der Waals surface area contributed by atoms with Crippen LogP contribution in [0.2, 0.25) is 5.02 Å². The number of hydrogen-bond acceptors (Lipinski definition) is 7. The van der Waals surface area contributed by atoms with E-state index in [1.165, 1.54) is 4.90 Å². The quantitative estimate of drug-likeness (QED) is 0.215. The monoisotopic (exact) mass is 544 g/mol. The number of aliphatic hydroxyl groups excluding tert-OH is 2. The molecule has 1 atom stereocenters. The van der Waals surface area contributed by atoms with Crippen LogP contribution >= 0.6 is 23.4 Å². The van der Waals surface area contributed by atoms with Crippen molar-refractivity contribution in [3.8, 4) is 11.5 Å². The SMILES string of the molecule is COc1ccc(SCCCN2CCC(CO)(CC[C@H](O)c3c(Cl)cnc4ccc(OC)cc34)CC2)cc1. The first-order valence-electron chi connectivity index (χ1n) is 12.9. The van der Waals surface area contributed by atoms with Crippen molar-refractivity contribution >= 4 is 34.3 Å². The number of piperidine rings is 1. The Bertz CT molecular complexity index is 1150. The van der Waals surface area contributed by atoms with Crippen LogP contribution in [-0.2, 0) is 0 Å². The molecular weight excluding hydrogens is 508 g/mol. The first kappa shape index (κ1) is 28.0. The summed E-state index contributed by atoms with van der Waals surface area (Å²) >= 11 is 8.36. The third-order valence-electron chi connectivity index (χ3n) is 7.55. The maximum absolute atomic E-state index is 11.2. The first-order chi connectivity index (χ1) is 18.0. The van der Waals surface area contributed by atoms with Gasteiger partial charge in [-0.2, -0.15) is 0 Å². The number of rotatable bonds is 12. The number of halogens is 1. The Kier molecular flexibility index (Phi) is 9.96. The fourth-order valence-electron chi connectivity index (χ4n) is 5.11. The number of aromatic nitrogens is 1. The zero-order chi connectivity index (χ0) is 26.3. The van der Waals surface area contributed by atoms with Crippen LogP contribution in [0, 0.1) is 5.41 Å². The van der Waals surface area contributed by atoms with Gasteiger partial charge < -0.3 is 24.6 Å². The minimum atomic E-state index is -0.735. The molecule has 0 bridgehead atoms. The second kappa shape index (κ2) is 13.2. The van der Waals surface area contributed by atoms with Gasteiger partial charge >= 0.3 is 0 Å². The molecule has 1 aliphatic rings. The molecule has 0 unspecified atom stereocenters. The van der Waals surface area contributed by atoms with E-state index in [0.717, 1.165) is 67.7 Å². The van der Waals surface area contributed by atoms with E-state index in [9.17, 15) is 10.2 Å². The Morgan fingerprint density at radius 1 is 1.08 bits per heavy atom. The average molecular weight is 545 g/mol. The molecule has 1 aliphatic heterocycles. The molecule has 0 saturated carbocycles. The third-order valence-corrected chi connectivity index (χ3v) is 8.95. The van der Waals surface area contributed by atoms with Crippen LogP contribution < -0.4 is 9.47 Å². The van der Waals surface area contributed by atoms with Gasteiger partial charge in [-0.15, -0.1) is 11.8 Å². The van der Waals surface area contributed by atoms with E-state index >= 15 is 0 Å². The molecule has 8 heteroatoms. The molecule has 1 saturated heterocycles. The number of nitrogens with zero attached hydrogens (tertiary/aromatic N) is 2. The third kappa shape index (κ3) is 7.09. The standard InChI is InChI=1S/C29H37ClN2O4S/c1-35-21-4-7-23(8-5-21)37-17-3-14-32-15-12-29(20-33,13-16-32)11-10-27(34)28-24-18-22(36-2)6-9-26(24)31-19-25(28)30/h4-9,18-19,27,33-34H,3,10-17,20H2,1-2H3/t27-/m0/s1. The van der Waals surface area contributed by atoms with Gasteiger partial charge in [-0.1, -0.05) is 11.6 Å². The molecule has 2 N–H and O–H groups in total.